The molecule has 4 aromatic heterocycles. The third kappa shape index (κ3) is 5.12. The van der Waals surface area contributed by atoms with Crippen LogP contribution >= 0.6 is 0 Å². The molecule has 2 aromatic carbocycles. The molecule has 2 N–H and O–H groups in total. The fourth-order valence-electron chi connectivity index (χ4n) is 5.16. The average Bonchev–Trinajstić information content (AvgIpc) is 3.56. The molecule has 4 heterocycles. The van der Waals surface area contributed by atoms with Crippen LogP contribution in [0.4, 0.5) is 0 Å². The second-order valence-corrected chi connectivity index (χ2v) is 10.2. The molecule has 0 aliphatic rings. The van der Waals surface area contributed by atoms with Crippen molar-refractivity contribution in [3.8, 4) is 11.4 Å². The lowest BCUT2D eigenvalue weighted by Crippen LogP contribution is -2.27. The molecule has 0 saturated carbocycles. The van der Waals surface area contributed by atoms with Gasteiger partial charge < -0.3 is 14.5 Å². The molecule has 6 rings (SSSR count). The summed E-state index contributed by atoms with van der Waals surface area (Å²) in [6.07, 6.45) is 7.51. The van der Waals surface area contributed by atoms with Gasteiger partial charge in [-0.05, 0) is 73.8 Å². The minimum Gasteiger partial charge on any atom is -0.323 e. The maximum Gasteiger partial charge on any atom is 0.279 e. The van der Waals surface area contributed by atoms with E-state index in [0.717, 1.165) is 28.2 Å². The number of benzene rings is 2. The van der Waals surface area contributed by atoms with Crippen molar-refractivity contribution >= 4 is 11.0 Å². The van der Waals surface area contributed by atoms with Gasteiger partial charge in [0.05, 0.1) is 17.4 Å². The van der Waals surface area contributed by atoms with E-state index in [2.05, 4.69) is 10.0 Å². The summed E-state index contributed by atoms with van der Waals surface area (Å²) in [6.45, 7) is 7.51. The van der Waals surface area contributed by atoms with Crippen LogP contribution in [0.5, 0.6) is 0 Å². The predicted octanol–water partition coefficient (Wildman–Crippen LogP) is 6.19. The Morgan fingerprint density at radius 1 is 0.714 bits per heavy atom. The van der Waals surface area contributed by atoms with E-state index in [4.69, 9.17) is 11.3 Å². The number of fused-ring (bicyclic) bond motifs is 2. The van der Waals surface area contributed by atoms with Gasteiger partial charge in [-0.1, -0.05) is 48.4 Å². The fraction of sp³-hybridized carbons (Fsp3) is 0.188. The first-order valence-corrected chi connectivity index (χ1v) is 13.6. The summed E-state index contributed by atoms with van der Waals surface area (Å²) in [5, 5.41) is 3.74. The molecule has 212 valence electrons. The summed E-state index contributed by atoms with van der Waals surface area (Å²) in [7, 11) is 0. The van der Waals surface area contributed by atoms with Crippen molar-refractivity contribution < 1.29 is 0 Å². The zero-order valence-corrected chi connectivity index (χ0v) is 23.9. The Morgan fingerprint density at radius 2 is 1.14 bits per heavy atom. The lowest BCUT2D eigenvalue weighted by molar-refractivity contribution is 0.713. The standard InChI is InChI=1S/C16H15N5O.C16H17N3O/c1-11-8-9-20-10-14(12(2)18-19-17)21(16(22)15(11)20)13-6-4-3-5-7-13;1-11-8-9-18-10-14(12(2)17)19(16(20)15(11)18)13-6-4-3-5-7-13/h3-10,12H,1-2H3;3-10,12H,17H2,1-2H3. The number of nitrogens with two attached hydrogens (primary N) is 1. The molecule has 0 saturated heterocycles. The van der Waals surface area contributed by atoms with Crippen molar-refractivity contribution in [1.29, 1.82) is 0 Å². The number of nitrogens with zero attached hydrogens (tertiary/aromatic N) is 7. The van der Waals surface area contributed by atoms with Gasteiger partial charge in [-0.15, -0.1) is 0 Å². The van der Waals surface area contributed by atoms with Crippen LogP contribution in [-0.4, -0.2) is 17.9 Å². The number of azide groups is 1. The van der Waals surface area contributed by atoms with Crippen molar-refractivity contribution in [1.82, 2.24) is 17.9 Å². The smallest absolute Gasteiger partial charge is 0.279 e. The van der Waals surface area contributed by atoms with Gasteiger partial charge in [0, 0.05) is 47.1 Å². The van der Waals surface area contributed by atoms with E-state index in [-0.39, 0.29) is 17.2 Å². The van der Waals surface area contributed by atoms with E-state index in [0.29, 0.717) is 16.7 Å². The molecule has 6 aromatic rings. The van der Waals surface area contributed by atoms with E-state index in [9.17, 15) is 9.59 Å². The summed E-state index contributed by atoms with van der Waals surface area (Å²) in [4.78, 5) is 28.6. The molecule has 0 spiro atoms. The van der Waals surface area contributed by atoms with Crippen LogP contribution < -0.4 is 16.9 Å². The van der Waals surface area contributed by atoms with Gasteiger partial charge in [-0.3, -0.25) is 18.7 Å². The molecular formula is C32H32N8O2. The highest BCUT2D eigenvalue weighted by Gasteiger charge is 2.17. The number of hydrogen-bond acceptors (Lipinski definition) is 4. The summed E-state index contributed by atoms with van der Waals surface area (Å²) in [5.74, 6) is 0. The maximum atomic E-state index is 12.9. The van der Waals surface area contributed by atoms with Crippen LogP contribution in [0, 0.1) is 13.8 Å². The van der Waals surface area contributed by atoms with Gasteiger partial charge in [0.2, 0.25) is 0 Å². The number of para-hydroxylation sites is 2. The molecule has 10 nitrogen and oxygen atoms in total. The quantitative estimate of drug-likeness (QED) is 0.153. The first-order valence-electron chi connectivity index (χ1n) is 13.6. The first-order chi connectivity index (χ1) is 20.2. The largest absolute Gasteiger partial charge is 0.323 e. The van der Waals surface area contributed by atoms with Crippen LogP contribution in [0.15, 0.2) is 112 Å². The van der Waals surface area contributed by atoms with Gasteiger partial charge in [0.25, 0.3) is 11.1 Å². The highest BCUT2D eigenvalue weighted by Crippen LogP contribution is 2.21. The van der Waals surface area contributed by atoms with Gasteiger partial charge in [0.1, 0.15) is 11.0 Å². The Balaban J connectivity index is 0.000000169. The summed E-state index contributed by atoms with van der Waals surface area (Å²) in [5.41, 5.74) is 20.8. The Bertz CT molecular complexity index is 2040. The van der Waals surface area contributed by atoms with Crippen molar-refractivity contribution in [3.05, 3.63) is 151 Å². The Morgan fingerprint density at radius 3 is 1.57 bits per heavy atom. The minimum atomic E-state index is -0.454. The molecule has 10 heteroatoms. The van der Waals surface area contributed by atoms with Gasteiger partial charge in [0.15, 0.2) is 0 Å². The molecule has 42 heavy (non-hydrogen) atoms. The topological polar surface area (TPSA) is 128 Å². The second-order valence-electron chi connectivity index (χ2n) is 10.2. The monoisotopic (exact) mass is 560 g/mol. The minimum absolute atomic E-state index is 0.0338. The number of aryl methyl sites for hydroxylation is 2. The molecule has 0 bridgehead atoms. The van der Waals surface area contributed by atoms with E-state index in [1.165, 1.54) is 0 Å². The molecule has 0 aliphatic heterocycles. The summed E-state index contributed by atoms with van der Waals surface area (Å²) >= 11 is 0. The number of aromatic nitrogens is 4. The Kier molecular flexibility index (Phi) is 7.84. The summed E-state index contributed by atoms with van der Waals surface area (Å²) < 4.78 is 6.96. The molecule has 0 fully saturated rings. The lowest BCUT2D eigenvalue weighted by Gasteiger charge is -2.16. The highest BCUT2D eigenvalue weighted by molar-refractivity contribution is 5.56. The zero-order chi connectivity index (χ0) is 30.0. The summed E-state index contributed by atoms with van der Waals surface area (Å²) in [6, 6.07) is 22.1. The lowest BCUT2D eigenvalue weighted by atomic mass is 10.2. The van der Waals surface area contributed by atoms with Crippen LogP contribution in [-0.2, 0) is 0 Å². The zero-order valence-electron chi connectivity index (χ0n) is 23.9. The Labute approximate surface area is 242 Å². The molecule has 0 aliphatic carbocycles. The van der Waals surface area contributed by atoms with E-state index >= 15 is 0 Å². The van der Waals surface area contributed by atoms with Gasteiger partial charge in [-0.25, -0.2) is 0 Å². The first kappa shape index (κ1) is 28.2. The maximum absolute atomic E-state index is 12.9. The Hall–Kier alpha value is -5.31. The number of rotatable bonds is 5. The van der Waals surface area contributed by atoms with E-state index in [1.807, 2.05) is 123 Å². The van der Waals surface area contributed by atoms with Gasteiger partial charge in [-0.2, -0.15) is 0 Å². The molecule has 0 amide bonds. The van der Waals surface area contributed by atoms with Crippen LogP contribution in [0.25, 0.3) is 32.9 Å². The van der Waals surface area contributed by atoms with Crippen molar-refractivity contribution in [2.24, 2.45) is 10.8 Å². The average molecular weight is 561 g/mol. The third-order valence-corrected chi connectivity index (χ3v) is 7.25. The van der Waals surface area contributed by atoms with Crippen molar-refractivity contribution in [2.45, 2.75) is 39.8 Å². The predicted molar refractivity (Wildman–Crippen MR) is 166 cm³/mol. The van der Waals surface area contributed by atoms with Crippen molar-refractivity contribution in [3.63, 3.8) is 0 Å². The van der Waals surface area contributed by atoms with Crippen LogP contribution in [0.3, 0.4) is 0 Å². The highest BCUT2D eigenvalue weighted by atomic mass is 16.1. The van der Waals surface area contributed by atoms with E-state index in [1.54, 1.807) is 20.5 Å². The van der Waals surface area contributed by atoms with Crippen LogP contribution in [0.1, 0.15) is 48.4 Å². The second kappa shape index (κ2) is 11.7. The molecule has 2 unspecified atom stereocenters. The van der Waals surface area contributed by atoms with Crippen LogP contribution in [0.2, 0.25) is 0 Å². The molecular weight excluding hydrogens is 528 g/mol. The number of hydrogen-bond donors (Lipinski definition) is 1. The normalized spacial score (nSPS) is 12.4. The fourth-order valence-corrected chi connectivity index (χ4v) is 5.16. The molecule has 0 radical (unpaired) electrons. The molecule has 2 atom stereocenters. The third-order valence-electron chi connectivity index (χ3n) is 7.25. The van der Waals surface area contributed by atoms with E-state index < -0.39 is 6.04 Å². The SMILES string of the molecule is Cc1ccn2cc(C(C)N)n(-c3ccccc3)c(=O)c12.Cc1ccn2cc(C(C)N=[N+]=[N-])n(-c3ccccc3)c(=O)c12. The van der Waals surface area contributed by atoms with Crippen molar-refractivity contribution in [2.75, 3.05) is 0 Å². The van der Waals surface area contributed by atoms with Gasteiger partial charge >= 0.3 is 0 Å².